The smallest absolute Gasteiger partial charge is 0.330 e. The van der Waals surface area contributed by atoms with Crippen molar-refractivity contribution in [3.63, 3.8) is 0 Å². The molecule has 1 aliphatic rings. The van der Waals surface area contributed by atoms with E-state index in [4.69, 9.17) is 4.74 Å². The number of phenols is 1. The summed E-state index contributed by atoms with van der Waals surface area (Å²) < 4.78 is 4.85. The van der Waals surface area contributed by atoms with Gasteiger partial charge in [-0.3, -0.25) is 5.32 Å². The molecule has 1 fully saturated rings. The highest BCUT2D eigenvalue weighted by Gasteiger charge is 2.43. The van der Waals surface area contributed by atoms with Crippen LogP contribution in [0.3, 0.4) is 0 Å². The first-order valence-electron chi connectivity index (χ1n) is 5.32. The molecule has 0 saturated carbocycles. The number of aromatic hydroxyl groups is 1. The third-order valence-electron chi connectivity index (χ3n) is 3.03. The van der Waals surface area contributed by atoms with Gasteiger partial charge < -0.3 is 9.84 Å². The second-order valence-electron chi connectivity index (χ2n) is 3.98. The number of hydrogen-bond acceptors (Lipinski definition) is 4. The van der Waals surface area contributed by atoms with Gasteiger partial charge in [0.2, 0.25) is 0 Å². The molecule has 4 heteroatoms. The van der Waals surface area contributed by atoms with Crippen molar-refractivity contribution in [1.29, 1.82) is 0 Å². The first kappa shape index (κ1) is 11.0. The van der Waals surface area contributed by atoms with Gasteiger partial charge in [0.1, 0.15) is 11.3 Å². The molecule has 0 spiro atoms. The predicted octanol–water partition coefficient (Wildman–Crippen LogP) is 1.14. The zero-order valence-electron chi connectivity index (χ0n) is 9.19. The van der Waals surface area contributed by atoms with Crippen LogP contribution in [0.2, 0.25) is 0 Å². The van der Waals surface area contributed by atoms with Crippen molar-refractivity contribution in [1.82, 2.24) is 5.32 Å². The van der Waals surface area contributed by atoms with E-state index in [2.05, 4.69) is 5.32 Å². The summed E-state index contributed by atoms with van der Waals surface area (Å²) in [6.07, 6.45) is 1.62. The van der Waals surface area contributed by atoms with Crippen molar-refractivity contribution in [2.75, 3.05) is 13.7 Å². The van der Waals surface area contributed by atoms with Crippen molar-refractivity contribution in [2.45, 2.75) is 18.4 Å². The van der Waals surface area contributed by atoms with Gasteiger partial charge in [-0.1, -0.05) is 12.1 Å². The molecule has 0 bridgehead atoms. The maximum Gasteiger partial charge on any atom is 0.330 e. The first-order valence-corrected chi connectivity index (χ1v) is 5.32. The van der Waals surface area contributed by atoms with Gasteiger partial charge >= 0.3 is 5.97 Å². The molecule has 0 aliphatic carbocycles. The number of benzene rings is 1. The third-order valence-corrected chi connectivity index (χ3v) is 3.03. The van der Waals surface area contributed by atoms with Gasteiger partial charge in [-0.15, -0.1) is 0 Å². The Morgan fingerprint density at radius 3 is 2.94 bits per heavy atom. The lowest BCUT2D eigenvalue weighted by Gasteiger charge is -2.26. The predicted molar refractivity (Wildman–Crippen MR) is 59.0 cm³/mol. The molecule has 4 nitrogen and oxygen atoms in total. The Morgan fingerprint density at radius 2 is 2.38 bits per heavy atom. The van der Waals surface area contributed by atoms with Crippen LogP contribution in [0.4, 0.5) is 0 Å². The average molecular weight is 221 g/mol. The van der Waals surface area contributed by atoms with Crippen molar-refractivity contribution in [2.24, 2.45) is 0 Å². The van der Waals surface area contributed by atoms with Crippen LogP contribution in [0.5, 0.6) is 5.75 Å². The summed E-state index contributed by atoms with van der Waals surface area (Å²) in [5.74, 6) is -0.134. The summed E-state index contributed by atoms with van der Waals surface area (Å²) in [6, 6.07) is 6.75. The van der Waals surface area contributed by atoms with Gasteiger partial charge in [-0.2, -0.15) is 0 Å². The molecule has 1 aliphatic heterocycles. The van der Waals surface area contributed by atoms with E-state index in [1.807, 2.05) is 6.07 Å². The number of hydrogen-bond donors (Lipinski definition) is 2. The number of nitrogens with one attached hydrogen (secondary N) is 1. The quantitative estimate of drug-likeness (QED) is 0.735. The maximum atomic E-state index is 11.9. The van der Waals surface area contributed by atoms with Crippen LogP contribution in [0.15, 0.2) is 24.3 Å². The molecule has 1 unspecified atom stereocenters. The zero-order valence-corrected chi connectivity index (χ0v) is 9.19. The van der Waals surface area contributed by atoms with E-state index in [0.717, 1.165) is 18.5 Å². The van der Waals surface area contributed by atoms with Crippen molar-refractivity contribution >= 4 is 5.97 Å². The Hall–Kier alpha value is -1.55. The van der Waals surface area contributed by atoms with Gasteiger partial charge in [0, 0.05) is 0 Å². The standard InChI is InChI=1S/C12H15NO3/c1-16-11(15)12(6-3-7-13-12)9-4-2-5-10(14)8-9/h2,4-5,8,13-14H,3,6-7H2,1H3. The molecule has 1 heterocycles. The van der Waals surface area contributed by atoms with Crippen LogP contribution >= 0.6 is 0 Å². The fourth-order valence-electron chi connectivity index (χ4n) is 2.23. The molecule has 0 radical (unpaired) electrons. The van der Waals surface area contributed by atoms with E-state index >= 15 is 0 Å². The zero-order chi connectivity index (χ0) is 11.6. The van der Waals surface area contributed by atoms with Crippen LogP contribution < -0.4 is 5.32 Å². The number of phenolic OH excluding ortho intramolecular Hbond substituents is 1. The number of ether oxygens (including phenoxy) is 1. The van der Waals surface area contributed by atoms with E-state index < -0.39 is 5.54 Å². The second kappa shape index (κ2) is 4.14. The van der Waals surface area contributed by atoms with Crippen molar-refractivity contribution in [3.05, 3.63) is 29.8 Å². The second-order valence-corrected chi connectivity index (χ2v) is 3.98. The topological polar surface area (TPSA) is 58.6 Å². The normalized spacial score (nSPS) is 24.3. The summed E-state index contributed by atoms with van der Waals surface area (Å²) >= 11 is 0. The fraction of sp³-hybridized carbons (Fsp3) is 0.417. The Labute approximate surface area is 94.2 Å². The highest BCUT2D eigenvalue weighted by atomic mass is 16.5. The monoisotopic (exact) mass is 221 g/mol. The lowest BCUT2D eigenvalue weighted by Crippen LogP contribution is -2.45. The van der Waals surface area contributed by atoms with E-state index in [-0.39, 0.29) is 11.7 Å². The Bertz CT molecular complexity index is 397. The molecule has 1 aromatic carbocycles. The lowest BCUT2D eigenvalue weighted by atomic mass is 9.88. The van der Waals surface area contributed by atoms with Gasteiger partial charge in [-0.05, 0) is 37.1 Å². The minimum atomic E-state index is -0.784. The summed E-state index contributed by atoms with van der Waals surface area (Å²) in [5, 5.41) is 12.6. The summed E-state index contributed by atoms with van der Waals surface area (Å²) in [6.45, 7) is 0.782. The molecule has 2 N–H and O–H groups in total. The number of methoxy groups -OCH3 is 1. The maximum absolute atomic E-state index is 11.9. The minimum Gasteiger partial charge on any atom is -0.508 e. The Balaban J connectivity index is 2.43. The van der Waals surface area contributed by atoms with Crippen LogP contribution in [0, 0.1) is 0 Å². The molecule has 0 amide bonds. The van der Waals surface area contributed by atoms with Gasteiger partial charge in [0.15, 0.2) is 0 Å². The SMILES string of the molecule is COC(=O)C1(c2cccc(O)c2)CCCN1. The van der Waals surface area contributed by atoms with E-state index in [9.17, 15) is 9.90 Å². The third kappa shape index (κ3) is 1.65. The van der Waals surface area contributed by atoms with Crippen LogP contribution in [-0.2, 0) is 15.1 Å². The summed E-state index contributed by atoms with van der Waals surface area (Å²) in [4.78, 5) is 11.9. The average Bonchev–Trinajstić information content (AvgIpc) is 2.78. The molecule has 2 rings (SSSR count). The van der Waals surface area contributed by atoms with Crippen molar-refractivity contribution in [3.8, 4) is 5.75 Å². The van der Waals surface area contributed by atoms with Crippen molar-refractivity contribution < 1.29 is 14.6 Å². The van der Waals surface area contributed by atoms with E-state index in [0.29, 0.717) is 6.42 Å². The molecular weight excluding hydrogens is 206 g/mol. The Kier molecular flexibility index (Phi) is 2.83. The highest BCUT2D eigenvalue weighted by molar-refractivity contribution is 5.83. The lowest BCUT2D eigenvalue weighted by molar-refractivity contribution is -0.148. The van der Waals surface area contributed by atoms with E-state index in [1.165, 1.54) is 7.11 Å². The van der Waals surface area contributed by atoms with Gasteiger partial charge in [0.05, 0.1) is 7.11 Å². The number of rotatable bonds is 2. The molecule has 16 heavy (non-hydrogen) atoms. The Morgan fingerprint density at radius 1 is 1.56 bits per heavy atom. The van der Waals surface area contributed by atoms with Gasteiger partial charge in [0.25, 0.3) is 0 Å². The minimum absolute atomic E-state index is 0.162. The number of esters is 1. The largest absolute Gasteiger partial charge is 0.508 e. The van der Waals surface area contributed by atoms with Crippen LogP contribution in [0.25, 0.3) is 0 Å². The van der Waals surface area contributed by atoms with Crippen LogP contribution in [-0.4, -0.2) is 24.7 Å². The molecule has 1 saturated heterocycles. The summed E-state index contributed by atoms with van der Waals surface area (Å²) in [5.41, 5.74) is -0.0233. The summed E-state index contributed by atoms with van der Waals surface area (Å²) in [7, 11) is 1.38. The number of carbonyl (C=O) groups excluding carboxylic acids is 1. The first-order chi connectivity index (χ1) is 7.69. The molecule has 86 valence electrons. The van der Waals surface area contributed by atoms with Crippen LogP contribution in [0.1, 0.15) is 18.4 Å². The highest BCUT2D eigenvalue weighted by Crippen LogP contribution is 2.33. The molecule has 1 aromatic rings. The fourth-order valence-corrected chi connectivity index (χ4v) is 2.23. The van der Waals surface area contributed by atoms with E-state index in [1.54, 1.807) is 18.2 Å². The molecule has 0 aromatic heterocycles. The number of carbonyl (C=O) groups is 1. The van der Waals surface area contributed by atoms with Gasteiger partial charge in [-0.25, -0.2) is 4.79 Å². The molecule has 1 atom stereocenters. The molecular formula is C12H15NO3.